The van der Waals surface area contributed by atoms with Crippen LogP contribution in [0, 0.1) is 0 Å². The summed E-state index contributed by atoms with van der Waals surface area (Å²) in [4.78, 5) is 7.59. The third-order valence-electron chi connectivity index (χ3n) is 3.25. The van der Waals surface area contributed by atoms with Crippen LogP contribution in [0.5, 0.6) is 0 Å². The Balaban J connectivity index is 1.47. The summed E-state index contributed by atoms with van der Waals surface area (Å²) in [5, 5.41) is 8.05. The first-order valence-corrected chi connectivity index (χ1v) is 7.45. The number of H-pyrrole nitrogens is 1. The lowest BCUT2D eigenvalue weighted by atomic mass is 10.1. The van der Waals surface area contributed by atoms with Crippen LogP contribution in [0.4, 0.5) is 0 Å². The summed E-state index contributed by atoms with van der Waals surface area (Å²) in [7, 11) is 0. The predicted molar refractivity (Wildman–Crippen MR) is 80.7 cm³/mol. The molecule has 3 nitrogen and oxygen atoms in total. The standard InChI is InChI=1S/C15H17N3S/c1-2-4-14-13(3-1)12(11-18-14)5-7-16-8-6-15-17-9-10-19-15/h1-4,9-11,16,18H,5-8H2. The largest absolute Gasteiger partial charge is 0.361 e. The number of para-hydroxylation sites is 1. The minimum Gasteiger partial charge on any atom is -0.361 e. The van der Waals surface area contributed by atoms with Gasteiger partial charge < -0.3 is 10.3 Å². The Hall–Kier alpha value is -1.65. The molecule has 98 valence electrons. The van der Waals surface area contributed by atoms with Gasteiger partial charge >= 0.3 is 0 Å². The minimum atomic E-state index is 0.996. The number of hydrogen-bond acceptors (Lipinski definition) is 3. The zero-order valence-electron chi connectivity index (χ0n) is 10.7. The normalized spacial score (nSPS) is 11.2. The first kappa shape index (κ1) is 12.4. The van der Waals surface area contributed by atoms with Crippen LogP contribution in [0.3, 0.4) is 0 Å². The smallest absolute Gasteiger partial charge is 0.0937 e. The van der Waals surface area contributed by atoms with Crippen molar-refractivity contribution in [2.45, 2.75) is 12.8 Å². The first-order chi connectivity index (χ1) is 9.43. The molecule has 4 heteroatoms. The van der Waals surface area contributed by atoms with Crippen molar-refractivity contribution in [2.75, 3.05) is 13.1 Å². The van der Waals surface area contributed by atoms with Crippen LogP contribution in [0.1, 0.15) is 10.6 Å². The van der Waals surface area contributed by atoms with E-state index in [1.807, 2.05) is 11.6 Å². The van der Waals surface area contributed by atoms with Crippen LogP contribution in [0.15, 0.2) is 42.0 Å². The monoisotopic (exact) mass is 271 g/mol. The number of rotatable bonds is 6. The molecule has 1 aromatic carbocycles. The highest BCUT2D eigenvalue weighted by Gasteiger charge is 2.02. The molecule has 3 aromatic rings. The number of benzene rings is 1. The molecule has 19 heavy (non-hydrogen) atoms. The summed E-state index contributed by atoms with van der Waals surface area (Å²) in [5.41, 5.74) is 2.61. The van der Waals surface area contributed by atoms with Gasteiger partial charge in [-0.3, -0.25) is 0 Å². The van der Waals surface area contributed by atoms with E-state index in [-0.39, 0.29) is 0 Å². The summed E-state index contributed by atoms with van der Waals surface area (Å²) >= 11 is 1.72. The van der Waals surface area contributed by atoms with Crippen molar-refractivity contribution in [3.8, 4) is 0 Å². The lowest BCUT2D eigenvalue weighted by molar-refractivity contribution is 0.681. The van der Waals surface area contributed by atoms with Gasteiger partial charge in [0.1, 0.15) is 0 Å². The second kappa shape index (κ2) is 5.99. The van der Waals surface area contributed by atoms with Gasteiger partial charge in [-0.25, -0.2) is 4.98 Å². The van der Waals surface area contributed by atoms with Crippen LogP contribution < -0.4 is 5.32 Å². The van der Waals surface area contributed by atoms with E-state index in [1.165, 1.54) is 21.5 Å². The van der Waals surface area contributed by atoms with E-state index in [0.717, 1.165) is 25.9 Å². The molecule has 0 bridgehead atoms. The van der Waals surface area contributed by atoms with E-state index < -0.39 is 0 Å². The van der Waals surface area contributed by atoms with Crippen molar-refractivity contribution in [3.05, 3.63) is 52.6 Å². The van der Waals surface area contributed by atoms with Gasteiger partial charge in [0.2, 0.25) is 0 Å². The van der Waals surface area contributed by atoms with Crippen molar-refractivity contribution < 1.29 is 0 Å². The van der Waals surface area contributed by atoms with Gasteiger partial charge in [-0.2, -0.15) is 0 Å². The third-order valence-corrected chi connectivity index (χ3v) is 4.08. The highest BCUT2D eigenvalue weighted by Crippen LogP contribution is 2.17. The Morgan fingerprint density at radius 3 is 2.95 bits per heavy atom. The molecule has 3 rings (SSSR count). The Kier molecular flexibility index (Phi) is 3.91. The Morgan fingerprint density at radius 2 is 2.05 bits per heavy atom. The average Bonchev–Trinajstić information content (AvgIpc) is 3.08. The van der Waals surface area contributed by atoms with Crippen LogP contribution >= 0.6 is 11.3 Å². The topological polar surface area (TPSA) is 40.7 Å². The second-order valence-electron chi connectivity index (χ2n) is 4.54. The van der Waals surface area contributed by atoms with E-state index in [1.54, 1.807) is 11.3 Å². The fraction of sp³-hybridized carbons (Fsp3) is 0.267. The maximum atomic E-state index is 4.28. The van der Waals surface area contributed by atoms with E-state index in [2.05, 4.69) is 45.7 Å². The van der Waals surface area contributed by atoms with Crippen LogP contribution in [-0.4, -0.2) is 23.1 Å². The minimum absolute atomic E-state index is 0.996. The van der Waals surface area contributed by atoms with Crippen molar-refractivity contribution in [1.82, 2.24) is 15.3 Å². The maximum absolute atomic E-state index is 4.28. The van der Waals surface area contributed by atoms with Gasteiger partial charge in [0, 0.05) is 41.6 Å². The fourth-order valence-corrected chi connectivity index (χ4v) is 2.88. The number of fused-ring (bicyclic) bond motifs is 1. The molecule has 0 spiro atoms. The quantitative estimate of drug-likeness (QED) is 0.677. The second-order valence-corrected chi connectivity index (χ2v) is 5.51. The molecule has 0 atom stereocenters. The average molecular weight is 271 g/mol. The van der Waals surface area contributed by atoms with Gasteiger partial charge in [-0.1, -0.05) is 18.2 Å². The molecule has 2 aromatic heterocycles. The highest BCUT2D eigenvalue weighted by atomic mass is 32.1. The molecule has 0 amide bonds. The lowest BCUT2D eigenvalue weighted by Crippen LogP contribution is -2.20. The van der Waals surface area contributed by atoms with Crippen LogP contribution in [0.25, 0.3) is 10.9 Å². The number of aromatic amines is 1. The van der Waals surface area contributed by atoms with Gasteiger partial charge in [0.15, 0.2) is 0 Å². The predicted octanol–water partition coefficient (Wildman–Crippen LogP) is 3.00. The summed E-state index contributed by atoms with van der Waals surface area (Å²) in [6.07, 6.45) is 6.06. The summed E-state index contributed by atoms with van der Waals surface area (Å²) in [6.45, 7) is 2.00. The molecule has 2 N–H and O–H groups in total. The van der Waals surface area contributed by atoms with Crippen LogP contribution in [0.2, 0.25) is 0 Å². The molecule has 0 aliphatic heterocycles. The summed E-state index contributed by atoms with van der Waals surface area (Å²) < 4.78 is 0. The Morgan fingerprint density at radius 1 is 1.16 bits per heavy atom. The fourth-order valence-electron chi connectivity index (χ4n) is 2.26. The van der Waals surface area contributed by atoms with Crippen molar-refractivity contribution in [2.24, 2.45) is 0 Å². The van der Waals surface area contributed by atoms with Crippen molar-refractivity contribution in [1.29, 1.82) is 0 Å². The molecule has 0 aliphatic rings. The van der Waals surface area contributed by atoms with E-state index in [9.17, 15) is 0 Å². The van der Waals surface area contributed by atoms with Crippen molar-refractivity contribution in [3.63, 3.8) is 0 Å². The number of hydrogen-bond donors (Lipinski definition) is 2. The van der Waals surface area contributed by atoms with E-state index in [4.69, 9.17) is 0 Å². The summed E-state index contributed by atoms with van der Waals surface area (Å²) in [6, 6.07) is 8.45. The molecule has 0 radical (unpaired) electrons. The molecule has 0 fully saturated rings. The molecule has 2 heterocycles. The van der Waals surface area contributed by atoms with E-state index in [0.29, 0.717) is 0 Å². The lowest BCUT2D eigenvalue weighted by Gasteiger charge is -2.02. The van der Waals surface area contributed by atoms with E-state index >= 15 is 0 Å². The van der Waals surface area contributed by atoms with Crippen LogP contribution in [-0.2, 0) is 12.8 Å². The third kappa shape index (κ3) is 3.03. The number of nitrogens with zero attached hydrogens (tertiary/aromatic N) is 1. The molecule has 0 saturated carbocycles. The van der Waals surface area contributed by atoms with Gasteiger partial charge in [-0.05, 0) is 24.6 Å². The number of thiazole rings is 1. The van der Waals surface area contributed by atoms with Gasteiger partial charge in [0.05, 0.1) is 5.01 Å². The molecule has 0 unspecified atom stereocenters. The van der Waals surface area contributed by atoms with Crippen molar-refractivity contribution >= 4 is 22.2 Å². The molecular formula is C15H17N3S. The first-order valence-electron chi connectivity index (χ1n) is 6.57. The Labute approximate surface area is 116 Å². The number of aromatic nitrogens is 2. The molecule has 0 aliphatic carbocycles. The Bertz CT molecular complexity index is 628. The SMILES string of the molecule is c1ccc2c(CCNCCc3nccs3)c[nH]c2c1. The molecular weight excluding hydrogens is 254 g/mol. The number of nitrogens with one attached hydrogen (secondary N) is 2. The van der Waals surface area contributed by atoms with Gasteiger partial charge in [0.25, 0.3) is 0 Å². The zero-order valence-corrected chi connectivity index (χ0v) is 11.5. The maximum Gasteiger partial charge on any atom is 0.0937 e. The summed E-state index contributed by atoms with van der Waals surface area (Å²) in [5.74, 6) is 0. The highest BCUT2D eigenvalue weighted by molar-refractivity contribution is 7.09. The molecule has 0 saturated heterocycles. The van der Waals surface area contributed by atoms with Gasteiger partial charge in [-0.15, -0.1) is 11.3 Å². The zero-order chi connectivity index (χ0) is 12.9.